The fourth-order valence-corrected chi connectivity index (χ4v) is 4.05. The summed E-state index contributed by atoms with van der Waals surface area (Å²) in [6, 6.07) is 6.64. The SMILES string of the molecule is C=CCN=c1scc(-c2ccc(OC(F)F)cc2)n1N=C1CCCCCCC1. The molecule has 0 radical (unpaired) electrons. The lowest BCUT2D eigenvalue weighted by atomic mass is 9.99. The molecule has 0 bridgehead atoms. The Balaban J connectivity index is 1.97. The largest absolute Gasteiger partial charge is 0.435 e. The molecule has 1 aromatic carbocycles. The molecule has 0 saturated heterocycles. The van der Waals surface area contributed by atoms with E-state index in [1.807, 2.05) is 10.1 Å². The van der Waals surface area contributed by atoms with Gasteiger partial charge >= 0.3 is 6.61 Å². The summed E-state index contributed by atoms with van der Waals surface area (Å²) < 4.78 is 31.1. The Labute approximate surface area is 167 Å². The summed E-state index contributed by atoms with van der Waals surface area (Å²) in [7, 11) is 0. The molecule has 1 fully saturated rings. The number of nitrogens with zero attached hydrogens (tertiary/aromatic N) is 3. The maximum Gasteiger partial charge on any atom is 0.387 e. The topological polar surface area (TPSA) is 38.9 Å². The van der Waals surface area contributed by atoms with Gasteiger partial charge in [0.2, 0.25) is 4.80 Å². The molecule has 0 unspecified atom stereocenters. The van der Waals surface area contributed by atoms with Gasteiger partial charge in [0.15, 0.2) is 0 Å². The predicted molar refractivity (Wildman–Crippen MR) is 110 cm³/mol. The molecule has 7 heteroatoms. The number of benzene rings is 1. The molecule has 1 aliphatic carbocycles. The van der Waals surface area contributed by atoms with Gasteiger partial charge in [0.25, 0.3) is 0 Å². The molecule has 0 spiro atoms. The second kappa shape index (κ2) is 10.3. The van der Waals surface area contributed by atoms with Crippen molar-refractivity contribution in [3.8, 4) is 17.0 Å². The fourth-order valence-electron chi connectivity index (χ4n) is 3.21. The lowest BCUT2D eigenvalue weighted by molar-refractivity contribution is -0.0498. The maximum atomic E-state index is 12.4. The zero-order valence-corrected chi connectivity index (χ0v) is 16.6. The van der Waals surface area contributed by atoms with Crippen molar-refractivity contribution in [2.45, 2.75) is 51.6 Å². The molecule has 4 nitrogen and oxygen atoms in total. The molecule has 0 amide bonds. The quantitative estimate of drug-likeness (QED) is 0.555. The van der Waals surface area contributed by atoms with Crippen LogP contribution >= 0.6 is 11.3 Å². The highest BCUT2D eigenvalue weighted by Gasteiger charge is 2.12. The van der Waals surface area contributed by atoms with Crippen LogP contribution in [-0.2, 0) is 0 Å². The Kier molecular flexibility index (Phi) is 7.54. The Hall–Kier alpha value is -2.28. The summed E-state index contributed by atoms with van der Waals surface area (Å²) in [6.07, 6.45) is 9.89. The first-order valence-electron chi connectivity index (χ1n) is 9.61. The number of halogens is 2. The number of alkyl halides is 2. The van der Waals surface area contributed by atoms with Gasteiger partial charge in [0, 0.05) is 16.7 Å². The predicted octanol–water partition coefficient (Wildman–Crippen LogP) is 5.85. The zero-order chi connectivity index (χ0) is 19.8. The van der Waals surface area contributed by atoms with Crippen LogP contribution in [0.3, 0.4) is 0 Å². The van der Waals surface area contributed by atoms with Crippen molar-refractivity contribution in [1.29, 1.82) is 0 Å². The molecule has 3 rings (SSSR count). The van der Waals surface area contributed by atoms with E-state index in [4.69, 9.17) is 5.10 Å². The second-order valence-electron chi connectivity index (χ2n) is 6.68. The van der Waals surface area contributed by atoms with E-state index in [2.05, 4.69) is 16.3 Å². The van der Waals surface area contributed by atoms with E-state index in [1.54, 1.807) is 30.3 Å². The summed E-state index contributed by atoms with van der Waals surface area (Å²) in [5.74, 6) is 0.142. The molecule has 28 heavy (non-hydrogen) atoms. The monoisotopic (exact) mass is 405 g/mol. The highest BCUT2D eigenvalue weighted by atomic mass is 32.1. The van der Waals surface area contributed by atoms with Crippen LogP contribution in [0.25, 0.3) is 11.3 Å². The number of ether oxygens (including phenoxy) is 1. The van der Waals surface area contributed by atoms with E-state index in [0.29, 0.717) is 6.54 Å². The van der Waals surface area contributed by atoms with E-state index in [0.717, 1.165) is 41.7 Å². The minimum Gasteiger partial charge on any atom is -0.435 e. The molecule has 0 N–H and O–H groups in total. The smallest absolute Gasteiger partial charge is 0.387 e. The van der Waals surface area contributed by atoms with Gasteiger partial charge in [0.05, 0.1) is 12.2 Å². The van der Waals surface area contributed by atoms with Crippen LogP contribution in [0.1, 0.15) is 44.9 Å². The van der Waals surface area contributed by atoms with Crippen molar-refractivity contribution in [3.63, 3.8) is 0 Å². The Morgan fingerprint density at radius 1 is 1.11 bits per heavy atom. The number of hydrogen-bond donors (Lipinski definition) is 0. The molecule has 1 heterocycles. The average Bonchev–Trinajstić information content (AvgIpc) is 3.04. The van der Waals surface area contributed by atoms with Crippen LogP contribution in [0.4, 0.5) is 8.78 Å². The summed E-state index contributed by atoms with van der Waals surface area (Å²) >= 11 is 1.51. The fraction of sp³-hybridized carbons (Fsp3) is 0.429. The van der Waals surface area contributed by atoms with Crippen LogP contribution in [0, 0.1) is 0 Å². The van der Waals surface area contributed by atoms with Crippen molar-refractivity contribution >= 4 is 17.0 Å². The highest BCUT2D eigenvalue weighted by molar-refractivity contribution is 7.07. The lowest BCUT2D eigenvalue weighted by Gasteiger charge is -2.12. The normalized spacial score (nSPS) is 16.0. The first kappa shape index (κ1) is 20.5. The van der Waals surface area contributed by atoms with Crippen molar-refractivity contribution in [2.75, 3.05) is 6.54 Å². The van der Waals surface area contributed by atoms with E-state index < -0.39 is 6.61 Å². The first-order valence-corrected chi connectivity index (χ1v) is 10.5. The lowest BCUT2D eigenvalue weighted by Crippen LogP contribution is -2.15. The standard InChI is InChI=1S/C21H25F2N3OS/c1-2-14-24-21-26(25-17-8-6-4-3-5-7-9-17)19(15-28-21)16-10-12-18(13-11-16)27-20(22)23/h2,10-13,15,20H,1,3-9,14H2. The van der Waals surface area contributed by atoms with E-state index in [9.17, 15) is 8.78 Å². The Morgan fingerprint density at radius 3 is 2.43 bits per heavy atom. The third kappa shape index (κ3) is 5.61. The first-order chi connectivity index (χ1) is 13.7. The number of rotatable bonds is 6. The molecule has 0 atom stereocenters. The number of aromatic nitrogens is 1. The Morgan fingerprint density at radius 2 is 1.79 bits per heavy atom. The zero-order valence-electron chi connectivity index (χ0n) is 15.8. The van der Waals surface area contributed by atoms with Crippen LogP contribution < -0.4 is 9.54 Å². The summed E-state index contributed by atoms with van der Waals surface area (Å²) in [6.45, 7) is 1.43. The summed E-state index contributed by atoms with van der Waals surface area (Å²) in [5.41, 5.74) is 2.97. The van der Waals surface area contributed by atoms with Gasteiger partial charge in [0.1, 0.15) is 5.75 Å². The highest BCUT2D eigenvalue weighted by Crippen LogP contribution is 2.25. The molecule has 1 aromatic heterocycles. The maximum absolute atomic E-state index is 12.4. The molecule has 1 aliphatic rings. The molecule has 150 valence electrons. The van der Waals surface area contributed by atoms with Crippen LogP contribution in [0.2, 0.25) is 0 Å². The summed E-state index contributed by atoms with van der Waals surface area (Å²) in [5, 5.41) is 6.94. The molecule has 2 aromatic rings. The molecule has 1 saturated carbocycles. The van der Waals surface area contributed by atoms with Gasteiger partial charge in [-0.05, 0) is 49.9 Å². The van der Waals surface area contributed by atoms with Gasteiger partial charge in [-0.3, -0.25) is 4.99 Å². The van der Waals surface area contributed by atoms with Gasteiger partial charge < -0.3 is 4.74 Å². The van der Waals surface area contributed by atoms with E-state index in [-0.39, 0.29) is 5.75 Å². The minimum atomic E-state index is -2.83. The van der Waals surface area contributed by atoms with Gasteiger partial charge in [-0.1, -0.05) is 25.3 Å². The molecular weight excluding hydrogens is 380 g/mol. The third-order valence-corrected chi connectivity index (χ3v) is 5.44. The third-order valence-electron chi connectivity index (χ3n) is 4.59. The second-order valence-corrected chi connectivity index (χ2v) is 7.52. The van der Waals surface area contributed by atoms with Crippen molar-refractivity contribution in [2.24, 2.45) is 10.1 Å². The molecular formula is C21H25F2N3OS. The van der Waals surface area contributed by atoms with Gasteiger partial charge in [-0.15, -0.1) is 17.9 Å². The van der Waals surface area contributed by atoms with Crippen LogP contribution in [0.15, 0.2) is 52.4 Å². The van der Waals surface area contributed by atoms with E-state index >= 15 is 0 Å². The van der Waals surface area contributed by atoms with Gasteiger partial charge in [-0.25, -0.2) is 4.68 Å². The van der Waals surface area contributed by atoms with Gasteiger partial charge in [-0.2, -0.15) is 13.9 Å². The van der Waals surface area contributed by atoms with Crippen molar-refractivity contribution in [3.05, 3.63) is 47.1 Å². The minimum absolute atomic E-state index is 0.142. The van der Waals surface area contributed by atoms with Crippen LogP contribution in [-0.4, -0.2) is 23.5 Å². The molecule has 0 aliphatic heterocycles. The Bertz CT molecular complexity index is 859. The van der Waals surface area contributed by atoms with E-state index in [1.165, 1.54) is 36.3 Å². The van der Waals surface area contributed by atoms with Crippen molar-refractivity contribution in [1.82, 2.24) is 4.68 Å². The average molecular weight is 406 g/mol. The number of thiazole rings is 1. The van der Waals surface area contributed by atoms with Crippen LogP contribution in [0.5, 0.6) is 5.75 Å². The number of hydrogen-bond acceptors (Lipinski definition) is 4. The van der Waals surface area contributed by atoms with Crippen molar-refractivity contribution < 1.29 is 13.5 Å². The summed E-state index contributed by atoms with van der Waals surface area (Å²) in [4.78, 5) is 5.37.